The molecule has 2 heterocycles. The third kappa shape index (κ3) is 4.82. The summed E-state index contributed by atoms with van der Waals surface area (Å²) in [4.78, 5) is 27.0. The molecular weight excluding hydrogens is 286 g/mol. The number of nitrogens with zero attached hydrogens (tertiary/aromatic N) is 1. The molecule has 0 radical (unpaired) electrons. The number of imide groups is 1. The largest absolute Gasteiger partial charge is 0.338 e. The highest BCUT2D eigenvalue weighted by Gasteiger charge is 2.28. The van der Waals surface area contributed by atoms with Crippen LogP contribution in [0.3, 0.4) is 0 Å². The topological polar surface area (TPSA) is 61.4 Å². The molecule has 0 aromatic carbocycles. The van der Waals surface area contributed by atoms with Crippen LogP contribution in [0.4, 0.5) is 4.79 Å². The number of nitrogens with one attached hydrogen (secondary N) is 2. The molecule has 0 unspecified atom stereocenters. The lowest BCUT2D eigenvalue weighted by Crippen LogP contribution is -2.44. The average molecular weight is 309 g/mol. The van der Waals surface area contributed by atoms with Gasteiger partial charge in [-0.2, -0.15) is 0 Å². The van der Waals surface area contributed by atoms with Gasteiger partial charge in [0.15, 0.2) is 0 Å². The zero-order valence-corrected chi connectivity index (χ0v) is 13.2. The fourth-order valence-corrected chi connectivity index (χ4v) is 3.49. The number of likely N-dealkylation sites (tertiary alicyclic amines) is 1. The highest BCUT2D eigenvalue weighted by atomic mass is 32.1. The van der Waals surface area contributed by atoms with Crippen molar-refractivity contribution in [2.24, 2.45) is 0 Å². The molecule has 116 valence electrons. The second kappa shape index (κ2) is 8.14. The zero-order valence-electron chi connectivity index (χ0n) is 12.4. The molecule has 0 bridgehead atoms. The van der Waals surface area contributed by atoms with Gasteiger partial charge in [-0.3, -0.25) is 15.0 Å². The lowest BCUT2D eigenvalue weighted by atomic mass is 10.2. The van der Waals surface area contributed by atoms with Crippen LogP contribution in [0.1, 0.15) is 43.5 Å². The van der Waals surface area contributed by atoms with Gasteiger partial charge in [0, 0.05) is 17.5 Å². The zero-order chi connectivity index (χ0) is 15.1. The molecule has 1 aliphatic rings. The third-order valence-electron chi connectivity index (χ3n) is 3.65. The Balaban J connectivity index is 1.78. The lowest BCUT2D eigenvalue weighted by molar-refractivity contribution is -0.121. The Kier molecular flexibility index (Phi) is 6.20. The molecule has 3 amide bonds. The summed E-state index contributed by atoms with van der Waals surface area (Å²) in [5, 5.41) is 7.16. The van der Waals surface area contributed by atoms with Gasteiger partial charge in [-0.25, -0.2) is 4.79 Å². The molecule has 1 aromatic heterocycles. The summed E-state index contributed by atoms with van der Waals surface area (Å²) in [7, 11) is 0. The summed E-state index contributed by atoms with van der Waals surface area (Å²) < 4.78 is 0. The van der Waals surface area contributed by atoms with Crippen LogP contribution in [0.2, 0.25) is 0 Å². The molecule has 1 atom stereocenters. The smallest absolute Gasteiger partial charge is 0.321 e. The van der Waals surface area contributed by atoms with E-state index in [-0.39, 0.29) is 18.5 Å². The number of urea groups is 1. The second-order valence-electron chi connectivity index (χ2n) is 5.30. The van der Waals surface area contributed by atoms with E-state index in [0.717, 1.165) is 32.2 Å². The van der Waals surface area contributed by atoms with Crippen molar-refractivity contribution in [3.63, 3.8) is 0 Å². The standard InChI is InChI=1S/C15H23N3O2S/c1-2-3-8-16-15(20)17-14(19)11-18-9-4-6-12(18)13-7-5-10-21-13/h5,7,10,12H,2-4,6,8-9,11H2,1H3,(H2,16,17,19,20)/t12-/m1/s1. The quantitative estimate of drug-likeness (QED) is 0.794. The van der Waals surface area contributed by atoms with E-state index in [1.165, 1.54) is 4.88 Å². The van der Waals surface area contributed by atoms with Crippen LogP contribution in [-0.2, 0) is 4.79 Å². The molecule has 0 spiro atoms. The Morgan fingerprint density at radius 1 is 1.48 bits per heavy atom. The fourth-order valence-electron chi connectivity index (χ4n) is 2.59. The molecule has 2 rings (SSSR count). The molecule has 1 aromatic rings. The van der Waals surface area contributed by atoms with E-state index >= 15 is 0 Å². The molecule has 1 saturated heterocycles. The van der Waals surface area contributed by atoms with Crippen molar-refractivity contribution >= 4 is 23.3 Å². The predicted molar refractivity (Wildman–Crippen MR) is 84.3 cm³/mol. The maximum absolute atomic E-state index is 11.9. The number of hydrogen-bond acceptors (Lipinski definition) is 4. The summed E-state index contributed by atoms with van der Waals surface area (Å²) in [6.07, 6.45) is 4.12. The van der Waals surface area contributed by atoms with E-state index in [2.05, 4.69) is 33.9 Å². The van der Waals surface area contributed by atoms with Gasteiger partial charge < -0.3 is 5.32 Å². The molecule has 0 saturated carbocycles. The van der Waals surface area contributed by atoms with Crippen molar-refractivity contribution < 1.29 is 9.59 Å². The first-order valence-electron chi connectivity index (χ1n) is 7.56. The Bertz CT molecular complexity index is 461. The first kappa shape index (κ1) is 16.0. The number of carbonyl (C=O) groups excluding carboxylic acids is 2. The van der Waals surface area contributed by atoms with Crippen molar-refractivity contribution in [3.05, 3.63) is 22.4 Å². The van der Waals surface area contributed by atoms with Crippen LogP contribution in [0.15, 0.2) is 17.5 Å². The molecule has 5 nitrogen and oxygen atoms in total. The van der Waals surface area contributed by atoms with Crippen molar-refractivity contribution in [1.82, 2.24) is 15.5 Å². The highest BCUT2D eigenvalue weighted by Crippen LogP contribution is 2.33. The van der Waals surface area contributed by atoms with Gasteiger partial charge in [0.2, 0.25) is 5.91 Å². The van der Waals surface area contributed by atoms with Crippen molar-refractivity contribution in [3.8, 4) is 0 Å². The maximum Gasteiger partial charge on any atom is 0.321 e. The summed E-state index contributed by atoms with van der Waals surface area (Å²) in [5.74, 6) is -0.229. The first-order chi connectivity index (χ1) is 10.2. The van der Waals surface area contributed by atoms with Gasteiger partial charge in [-0.05, 0) is 37.3 Å². The maximum atomic E-state index is 11.9. The van der Waals surface area contributed by atoms with Crippen LogP contribution < -0.4 is 10.6 Å². The average Bonchev–Trinajstić information content (AvgIpc) is 3.09. The van der Waals surface area contributed by atoms with Crippen LogP contribution in [0, 0.1) is 0 Å². The Labute approximate surface area is 129 Å². The van der Waals surface area contributed by atoms with E-state index in [4.69, 9.17) is 0 Å². The number of unbranched alkanes of at least 4 members (excludes halogenated alkanes) is 1. The molecule has 2 N–H and O–H groups in total. The van der Waals surface area contributed by atoms with Crippen molar-refractivity contribution in [2.45, 2.75) is 38.6 Å². The van der Waals surface area contributed by atoms with Crippen molar-refractivity contribution in [2.75, 3.05) is 19.6 Å². The van der Waals surface area contributed by atoms with Gasteiger partial charge in [0.1, 0.15) is 0 Å². The van der Waals surface area contributed by atoms with Gasteiger partial charge >= 0.3 is 6.03 Å². The summed E-state index contributed by atoms with van der Waals surface area (Å²) in [6.45, 7) is 3.86. The first-order valence-corrected chi connectivity index (χ1v) is 8.43. The van der Waals surface area contributed by atoms with Gasteiger partial charge in [0.25, 0.3) is 0 Å². The number of carbonyl (C=O) groups is 2. The minimum absolute atomic E-state index is 0.229. The number of rotatable bonds is 6. The molecular formula is C15H23N3O2S. The number of amides is 3. The minimum Gasteiger partial charge on any atom is -0.338 e. The second-order valence-corrected chi connectivity index (χ2v) is 6.28. The number of hydrogen-bond donors (Lipinski definition) is 2. The highest BCUT2D eigenvalue weighted by molar-refractivity contribution is 7.10. The molecule has 1 aliphatic heterocycles. The molecule has 1 fully saturated rings. The summed E-state index contributed by atoms with van der Waals surface area (Å²) in [5.41, 5.74) is 0. The SMILES string of the molecule is CCCCNC(=O)NC(=O)CN1CCC[C@@H]1c1cccs1. The Hall–Kier alpha value is -1.40. The summed E-state index contributed by atoms with van der Waals surface area (Å²) in [6, 6.07) is 4.08. The van der Waals surface area contributed by atoms with Crippen LogP contribution >= 0.6 is 11.3 Å². The predicted octanol–water partition coefficient (Wildman–Crippen LogP) is 2.51. The van der Waals surface area contributed by atoms with Crippen LogP contribution in [0.25, 0.3) is 0 Å². The lowest BCUT2D eigenvalue weighted by Gasteiger charge is -2.22. The van der Waals surface area contributed by atoms with E-state index < -0.39 is 0 Å². The summed E-state index contributed by atoms with van der Waals surface area (Å²) >= 11 is 1.73. The minimum atomic E-state index is -0.389. The monoisotopic (exact) mass is 309 g/mol. The normalized spacial score (nSPS) is 18.6. The molecule has 21 heavy (non-hydrogen) atoms. The van der Waals surface area contributed by atoms with Crippen LogP contribution in [-0.4, -0.2) is 36.5 Å². The third-order valence-corrected chi connectivity index (χ3v) is 4.62. The van der Waals surface area contributed by atoms with E-state index in [0.29, 0.717) is 12.6 Å². The van der Waals surface area contributed by atoms with E-state index in [1.807, 2.05) is 6.07 Å². The Morgan fingerprint density at radius 2 is 2.33 bits per heavy atom. The van der Waals surface area contributed by atoms with E-state index in [1.54, 1.807) is 11.3 Å². The van der Waals surface area contributed by atoms with Gasteiger partial charge in [0.05, 0.1) is 6.54 Å². The van der Waals surface area contributed by atoms with E-state index in [9.17, 15) is 9.59 Å². The molecule has 0 aliphatic carbocycles. The van der Waals surface area contributed by atoms with Crippen molar-refractivity contribution in [1.29, 1.82) is 0 Å². The molecule has 6 heteroatoms. The van der Waals surface area contributed by atoms with Gasteiger partial charge in [-0.15, -0.1) is 11.3 Å². The number of thiophene rings is 1. The fraction of sp³-hybridized carbons (Fsp3) is 0.600. The Morgan fingerprint density at radius 3 is 3.05 bits per heavy atom. The van der Waals surface area contributed by atoms with Gasteiger partial charge in [-0.1, -0.05) is 19.4 Å². The van der Waals surface area contributed by atoms with Crippen LogP contribution in [0.5, 0.6) is 0 Å².